The van der Waals surface area contributed by atoms with Crippen LogP contribution in [0, 0.1) is 5.92 Å². The normalized spacial score (nSPS) is 23.1. The van der Waals surface area contributed by atoms with E-state index in [9.17, 15) is 9.36 Å². The lowest BCUT2D eigenvalue weighted by Gasteiger charge is -2.17. The van der Waals surface area contributed by atoms with Crippen molar-refractivity contribution >= 4 is 25.4 Å². The number of nitrogens with two attached hydrogens (primary N) is 1. The molecule has 148 valence electrons. The molecule has 0 aliphatic carbocycles. The molecule has 0 radical (unpaired) electrons. The number of benzene rings is 1. The molecule has 0 spiro atoms. The number of anilines is 1. The Morgan fingerprint density at radius 2 is 2.18 bits per heavy atom. The molecule has 3 heterocycles. The molecule has 1 aliphatic rings. The third kappa shape index (κ3) is 3.80. The predicted molar refractivity (Wildman–Crippen MR) is 102 cm³/mol. The number of hydrogen-bond acceptors (Lipinski definition) is 8. The minimum atomic E-state index is -2.69. The molecule has 3 N–H and O–H groups in total. The fraction of sp³-hybridized carbons (Fsp3) is 0.353. The Labute approximate surface area is 160 Å². The van der Waals surface area contributed by atoms with Gasteiger partial charge in [-0.3, -0.25) is 18.9 Å². The second kappa shape index (κ2) is 7.75. The van der Waals surface area contributed by atoms with Crippen molar-refractivity contribution in [3.63, 3.8) is 0 Å². The topological polar surface area (TPSA) is 134 Å². The summed E-state index contributed by atoms with van der Waals surface area (Å²) in [6.07, 6.45) is 1.54. The Bertz CT molecular complexity index is 1050. The van der Waals surface area contributed by atoms with E-state index >= 15 is 0 Å². The zero-order valence-electron chi connectivity index (χ0n) is 15.1. The second-order valence-electron chi connectivity index (χ2n) is 6.61. The number of imidazole rings is 1. The van der Waals surface area contributed by atoms with Gasteiger partial charge in [-0.25, -0.2) is 9.55 Å². The number of nitrogen functional groups attached to an aromatic ring is 1. The van der Waals surface area contributed by atoms with Gasteiger partial charge in [-0.2, -0.15) is 4.98 Å². The molecule has 11 heteroatoms. The van der Waals surface area contributed by atoms with E-state index < -0.39 is 13.8 Å². The Hall–Kier alpha value is -2.68. The molecule has 2 aromatic heterocycles. The van der Waals surface area contributed by atoms with Gasteiger partial charge in [0.15, 0.2) is 11.2 Å². The Morgan fingerprint density at radius 3 is 2.96 bits per heavy atom. The lowest BCUT2D eigenvalue weighted by atomic mass is 10.1. The van der Waals surface area contributed by atoms with Crippen LogP contribution in [-0.4, -0.2) is 32.2 Å². The molecule has 1 fully saturated rings. The monoisotopic (exact) mass is 405 g/mol. The van der Waals surface area contributed by atoms with Gasteiger partial charge in [0, 0.05) is 5.92 Å². The van der Waals surface area contributed by atoms with Crippen LogP contribution in [0.1, 0.15) is 19.6 Å². The molecule has 10 nitrogen and oxygen atoms in total. The number of aromatic nitrogens is 4. The van der Waals surface area contributed by atoms with Crippen molar-refractivity contribution < 1.29 is 18.3 Å². The highest BCUT2D eigenvalue weighted by Crippen LogP contribution is 2.37. The average Bonchev–Trinajstić information content (AvgIpc) is 3.24. The molecule has 28 heavy (non-hydrogen) atoms. The minimum absolute atomic E-state index is 0.0152. The molecule has 1 aromatic carbocycles. The van der Waals surface area contributed by atoms with E-state index in [2.05, 4.69) is 15.0 Å². The SMILES string of the molecule is C[C@H]1C[C@@H](CO[PH](=O)Oc2ccccc2)O[C@H]1n1cnc2c(=O)[nH]c(N)nc21. The van der Waals surface area contributed by atoms with E-state index in [0.29, 0.717) is 17.8 Å². The molecule has 0 bridgehead atoms. The fourth-order valence-corrected chi connectivity index (χ4v) is 3.98. The van der Waals surface area contributed by atoms with Crippen molar-refractivity contribution in [1.29, 1.82) is 0 Å². The molecule has 0 saturated carbocycles. The lowest BCUT2D eigenvalue weighted by molar-refractivity contribution is -0.0253. The van der Waals surface area contributed by atoms with Gasteiger partial charge in [0.05, 0.1) is 19.0 Å². The van der Waals surface area contributed by atoms with Crippen LogP contribution >= 0.6 is 8.25 Å². The third-order valence-electron chi connectivity index (χ3n) is 4.51. The Kier molecular flexibility index (Phi) is 5.17. The number of para-hydroxylation sites is 1. The first kappa shape index (κ1) is 18.7. The van der Waals surface area contributed by atoms with Gasteiger partial charge in [-0.05, 0) is 18.6 Å². The average molecular weight is 405 g/mol. The summed E-state index contributed by atoms with van der Waals surface area (Å²) in [5.41, 5.74) is 5.81. The van der Waals surface area contributed by atoms with Gasteiger partial charge >= 0.3 is 8.25 Å². The highest BCUT2D eigenvalue weighted by Gasteiger charge is 2.35. The van der Waals surface area contributed by atoms with Crippen LogP contribution in [0.15, 0.2) is 41.5 Å². The van der Waals surface area contributed by atoms with Crippen molar-refractivity contribution in [1.82, 2.24) is 19.5 Å². The quantitative estimate of drug-likeness (QED) is 0.596. The van der Waals surface area contributed by atoms with E-state index in [0.717, 1.165) is 0 Å². The molecule has 1 aliphatic heterocycles. The summed E-state index contributed by atoms with van der Waals surface area (Å²) in [5, 5.41) is 0. The van der Waals surface area contributed by atoms with Gasteiger partial charge in [0.1, 0.15) is 12.0 Å². The molecule has 3 aromatic rings. The summed E-state index contributed by atoms with van der Waals surface area (Å²) < 4.78 is 30.4. The number of nitrogens with one attached hydrogen (secondary N) is 1. The Balaban J connectivity index is 1.41. The van der Waals surface area contributed by atoms with Crippen molar-refractivity contribution in [2.24, 2.45) is 5.92 Å². The fourth-order valence-electron chi connectivity index (χ4n) is 3.27. The maximum absolute atomic E-state index is 12.0. The number of fused-ring (bicyclic) bond motifs is 1. The minimum Gasteiger partial charge on any atom is -0.426 e. The highest BCUT2D eigenvalue weighted by atomic mass is 31.1. The van der Waals surface area contributed by atoms with Crippen molar-refractivity contribution in [3.05, 3.63) is 47.0 Å². The van der Waals surface area contributed by atoms with Crippen molar-refractivity contribution in [2.45, 2.75) is 25.7 Å². The summed E-state index contributed by atoms with van der Waals surface area (Å²) >= 11 is 0. The van der Waals surface area contributed by atoms with Crippen molar-refractivity contribution in [3.8, 4) is 5.75 Å². The molecule has 1 saturated heterocycles. The largest absolute Gasteiger partial charge is 0.426 e. The van der Waals surface area contributed by atoms with Crippen LogP contribution in [-0.2, 0) is 13.8 Å². The maximum Gasteiger partial charge on any atom is 0.367 e. The van der Waals surface area contributed by atoms with Gasteiger partial charge in [-0.1, -0.05) is 25.1 Å². The summed E-state index contributed by atoms with van der Waals surface area (Å²) in [5.74, 6) is 0.607. The van der Waals surface area contributed by atoms with Crippen LogP contribution < -0.4 is 15.8 Å². The number of H-pyrrole nitrogens is 1. The van der Waals surface area contributed by atoms with Gasteiger partial charge in [-0.15, -0.1) is 0 Å². The molecule has 0 amide bonds. The number of hydrogen-bond donors (Lipinski definition) is 2. The number of rotatable bonds is 6. The lowest BCUT2D eigenvalue weighted by Crippen LogP contribution is -2.17. The smallest absolute Gasteiger partial charge is 0.367 e. The van der Waals surface area contributed by atoms with Crippen LogP contribution in [0.4, 0.5) is 5.95 Å². The summed E-state index contributed by atoms with van der Waals surface area (Å²) in [7, 11) is -2.69. The van der Waals surface area contributed by atoms with E-state index in [4.69, 9.17) is 19.5 Å². The van der Waals surface area contributed by atoms with Crippen LogP contribution in [0.3, 0.4) is 0 Å². The van der Waals surface area contributed by atoms with Gasteiger partial charge in [0.25, 0.3) is 5.56 Å². The van der Waals surface area contributed by atoms with Crippen LogP contribution in [0.25, 0.3) is 11.2 Å². The standard InChI is InChI=1S/C17H20N5O5P/c1-10-7-12(8-25-28(24)27-11-5-3-2-4-6-11)26-16(10)22-9-19-13-14(22)20-17(18)21-15(13)23/h2-6,9-10,12,16,28H,7-8H2,1H3,(H3,18,20,21,23)/t10-,12-,16+/m0/s1. The summed E-state index contributed by atoms with van der Waals surface area (Å²) in [6, 6.07) is 8.84. The molecule has 1 unspecified atom stereocenters. The predicted octanol–water partition coefficient (Wildman–Crippen LogP) is 2.11. The third-order valence-corrected chi connectivity index (χ3v) is 5.31. The molecular weight excluding hydrogens is 385 g/mol. The second-order valence-corrected chi connectivity index (χ2v) is 7.61. The summed E-state index contributed by atoms with van der Waals surface area (Å²) in [6.45, 7) is 2.14. The number of aromatic amines is 1. The van der Waals surface area contributed by atoms with E-state index in [-0.39, 0.29) is 36.3 Å². The highest BCUT2D eigenvalue weighted by molar-refractivity contribution is 7.33. The molecule has 4 atom stereocenters. The maximum atomic E-state index is 12.0. The van der Waals surface area contributed by atoms with Crippen LogP contribution in [0.2, 0.25) is 0 Å². The first-order valence-electron chi connectivity index (χ1n) is 8.78. The van der Waals surface area contributed by atoms with Gasteiger partial charge in [0.2, 0.25) is 5.95 Å². The zero-order valence-corrected chi connectivity index (χ0v) is 16.1. The first-order valence-corrected chi connectivity index (χ1v) is 10.0. The molecule has 4 rings (SSSR count). The number of nitrogens with zero attached hydrogens (tertiary/aromatic N) is 3. The van der Waals surface area contributed by atoms with Gasteiger partial charge < -0.3 is 15.0 Å². The number of ether oxygens (including phenoxy) is 1. The Morgan fingerprint density at radius 1 is 1.39 bits per heavy atom. The van der Waals surface area contributed by atoms with E-state index in [1.807, 2.05) is 13.0 Å². The van der Waals surface area contributed by atoms with Crippen LogP contribution in [0.5, 0.6) is 5.75 Å². The molecular formula is C17H20N5O5P. The first-order chi connectivity index (χ1) is 13.5. The van der Waals surface area contributed by atoms with Crippen molar-refractivity contribution in [2.75, 3.05) is 12.3 Å². The zero-order chi connectivity index (χ0) is 19.7. The van der Waals surface area contributed by atoms with E-state index in [1.165, 1.54) is 6.33 Å². The summed E-state index contributed by atoms with van der Waals surface area (Å²) in [4.78, 5) is 22.6. The van der Waals surface area contributed by atoms with E-state index in [1.54, 1.807) is 28.8 Å².